The van der Waals surface area contributed by atoms with Gasteiger partial charge in [-0.3, -0.25) is 19.2 Å². The number of aliphatic hydroxyl groups is 1. The molecule has 1 aromatic carbocycles. The van der Waals surface area contributed by atoms with Gasteiger partial charge in [0, 0.05) is 12.8 Å². The number of hydrogen-bond donors (Lipinski definition) is 8. The Morgan fingerprint density at radius 2 is 1.47 bits per heavy atom. The average Bonchev–Trinajstić information content (AvgIpc) is 2.76. The molecule has 13 heteroatoms. The molecule has 5 atom stereocenters. The topological polar surface area (TPSA) is 234 Å². The molecule has 34 heavy (non-hydrogen) atoms. The normalized spacial score (nSPS) is 15.2. The third-order valence-electron chi connectivity index (χ3n) is 4.88. The van der Waals surface area contributed by atoms with Crippen molar-refractivity contribution in [2.24, 2.45) is 11.5 Å². The Kier molecular flexibility index (Phi) is 10.9. The molecule has 0 aromatic heterocycles. The van der Waals surface area contributed by atoms with Crippen molar-refractivity contribution in [2.75, 3.05) is 0 Å². The van der Waals surface area contributed by atoms with E-state index in [1.165, 1.54) is 38.1 Å². The van der Waals surface area contributed by atoms with Crippen LogP contribution < -0.4 is 27.4 Å². The van der Waals surface area contributed by atoms with Crippen LogP contribution in [0.25, 0.3) is 0 Å². The monoisotopic (exact) mass is 481 g/mol. The van der Waals surface area contributed by atoms with Crippen LogP contribution in [-0.4, -0.2) is 75.2 Å². The molecule has 188 valence electrons. The minimum absolute atomic E-state index is 0.0167. The molecule has 10 N–H and O–H groups in total. The molecule has 0 aliphatic rings. The summed E-state index contributed by atoms with van der Waals surface area (Å²) in [5.74, 6) is -4.55. The molecule has 0 saturated carbocycles. The molecule has 0 heterocycles. The highest BCUT2D eigenvalue weighted by Gasteiger charge is 2.29. The lowest BCUT2D eigenvalue weighted by Crippen LogP contribution is -2.57. The molecule has 13 nitrogen and oxygen atoms in total. The Morgan fingerprint density at radius 1 is 0.912 bits per heavy atom. The highest BCUT2D eigenvalue weighted by atomic mass is 16.4. The highest BCUT2D eigenvalue weighted by Crippen LogP contribution is 2.12. The number of carboxylic acids is 1. The number of phenolic OH excluding ortho intramolecular Hbond substituents is 1. The van der Waals surface area contributed by atoms with Crippen molar-refractivity contribution in [3.05, 3.63) is 29.8 Å². The summed E-state index contributed by atoms with van der Waals surface area (Å²) in [7, 11) is 0. The van der Waals surface area contributed by atoms with Gasteiger partial charge >= 0.3 is 5.97 Å². The highest BCUT2D eigenvalue weighted by molar-refractivity contribution is 5.94. The second-order valence-corrected chi connectivity index (χ2v) is 7.83. The minimum atomic E-state index is -1.43. The first-order chi connectivity index (χ1) is 15.8. The fraction of sp³-hybridized carbons (Fsp3) is 0.476. The standard InChI is InChI=1S/C21H31N5O8/c1-10(24-20(32)17(23)11(2)27)18(30)26-15(9-12-3-5-13(28)6-4-12)19(31)25-14(21(33)34)7-8-16(22)29/h3-6,10-11,14-15,17,27-28H,7-9,23H2,1-2H3,(H2,22,29)(H,24,32)(H,25,31)(H,26,30)(H,33,34). The quantitative estimate of drug-likeness (QED) is 0.148. The van der Waals surface area contributed by atoms with Gasteiger partial charge < -0.3 is 42.7 Å². The van der Waals surface area contributed by atoms with Crippen molar-refractivity contribution in [2.45, 2.75) is 63.4 Å². The first kappa shape index (κ1) is 28.3. The zero-order valence-corrected chi connectivity index (χ0v) is 18.9. The number of amides is 4. The van der Waals surface area contributed by atoms with E-state index in [1.54, 1.807) is 0 Å². The molecule has 0 fully saturated rings. The van der Waals surface area contributed by atoms with Crippen LogP contribution in [0.3, 0.4) is 0 Å². The van der Waals surface area contributed by atoms with E-state index in [0.29, 0.717) is 5.56 Å². The number of carbonyl (C=O) groups is 5. The fourth-order valence-electron chi connectivity index (χ4n) is 2.78. The number of hydrogen-bond acceptors (Lipinski definition) is 8. The van der Waals surface area contributed by atoms with Crippen molar-refractivity contribution in [1.29, 1.82) is 0 Å². The van der Waals surface area contributed by atoms with Crippen LogP contribution in [0.15, 0.2) is 24.3 Å². The minimum Gasteiger partial charge on any atom is -0.508 e. The van der Waals surface area contributed by atoms with E-state index in [9.17, 15) is 39.3 Å². The van der Waals surface area contributed by atoms with Gasteiger partial charge in [-0.05, 0) is 38.0 Å². The van der Waals surface area contributed by atoms with Gasteiger partial charge in [0.2, 0.25) is 23.6 Å². The summed E-state index contributed by atoms with van der Waals surface area (Å²) in [6.07, 6.45) is -1.76. The zero-order valence-electron chi connectivity index (χ0n) is 18.9. The molecular formula is C21H31N5O8. The van der Waals surface area contributed by atoms with E-state index in [4.69, 9.17) is 11.5 Å². The lowest BCUT2D eigenvalue weighted by atomic mass is 10.0. The smallest absolute Gasteiger partial charge is 0.326 e. The summed E-state index contributed by atoms with van der Waals surface area (Å²) < 4.78 is 0. The maximum atomic E-state index is 12.9. The van der Waals surface area contributed by atoms with E-state index >= 15 is 0 Å². The second-order valence-electron chi connectivity index (χ2n) is 7.83. The van der Waals surface area contributed by atoms with E-state index in [1.807, 2.05) is 0 Å². The number of carboxylic acid groups (broad SMARTS) is 1. The first-order valence-corrected chi connectivity index (χ1v) is 10.5. The van der Waals surface area contributed by atoms with Crippen molar-refractivity contribution in [1.82, 2.24) is 16.0 Å². The number of rotatable bonds is 13. The van der Waals surface area contributed by atoms with Gasteiger partial charge in [-0.25, -0.2) is 4.79 Å². The summed E-state index contributed by atoms with van der Waals surface area (Å²) in [6, 6.07) is 0.661. The van der Waals surface area contributed by atoms with Gasteiger partial charge in [-0.15, -0.1) is 0 Å². The van der Waals surface area contributed by atoms with E-state index in [2.05, 4.69) is 16.0 Å². The Balaban J connectivity index is 3.00. The Morgan fingerprint density at radius 3 is 1.97 bits per heavy atom. The van der Waals surface area contributed by atoms with Crippen LogP contribution in [0.5, 0.6) is 5.75 Å². The summed E-state index contributed by atoms with van der Waals surface area (Å²) in [6.45, 7) is 2.65. The number of benzene rings is 1. The molecule has 0 saturated heterocycles. The number of primary amides is 1. The lowest BCUT2D eigenvalue weighted by molar-refractivity contribution is -0.142. The third-order valence-corrected chi connectivity index (χ3v) is 4.88. The molecule has 0 bridgehead atoms. The van der Waals surface area contributed by atoms with Crippen molar-refractivity contribution in [3.8, 4) is 5.75 Å². The van der Waals surface area contributed by atoms with Crippen LogP contribution in [0, 0.1) is 0 Å². The summed E-state index contributed by atoms with van der Waals surface area (Å²) >= 11 is 0. The zero-order chi connectivity index (χ0) is 26.0. The third kappa shape index (κ3) is 9.42. The number of aromatic hydroxyl groups is 1. The van der Waals surface area contributed by atoms with E-state index in [-0.39, 0.29) is 25.0 Å². The van der Waals surface area contributed by atoms with Gasteiger partial charge in [0.25, 0.3) is 0 Å². The van der Waals surface area contributed by atoms with Crippen LogP contribution in [0.2, 0.25) is 0 Å². The molecule has 0 spiro atoms. The predicted molar refractivity (Wildman–Crippen MR) is 119 cm³/mol. The van der Waals surface area contributed by atoms with Gasteiger partial charge in [0.05, 0.1) is 6.10 Å². The average molecular weight is 482 g/mol. The predicted octanol–water partition coefficient (Wildman–Crippen LogP) is -2.53. The molecule has 0 radical (unpaired) electrons. The SMILES string of the molecule is CC(NC(=O)C(N)C(C)O)C(=O)NC(Cc1ccc(O)cc1)C(=O)NC(CCC(N)=O)C(=O)O. The number of carbonyl (C=O) groups excluding carboxylic acids is 4. The van der Waals surface area contributed by atoms with Crippen LogP contribution in [0.1, 0.15) is 32.3 Å². The van der Waals surface area contributed by atoms with E-state index < -0.39 is 59.9 Å². The van der Waals surface area contributed by atoms with Gasteiger partial charge in [-0.1, -0.05) is 12.1 Å². The number of nitrogens with one attached hydrogen (secondary N) is 3. The van der Waals surface area contributed by atoms with Gasteiger partial charge in [0.1, 0.15) is 29.9 Å². The first-order valence-electron chi connectivity index (χ1n) is 10.5. The summed E-state index contributed by atoms with van der Waals surface area (Å²) in [5.41, 5.74) is 11.1. The number of aliphatic carboxylic acids is 1. The summed E-state index contributed by atoms with van der Waals surface area (Å²) in [5, 5.41) is 35.2. The number of nitrogens with two attached hydrogens (primary N) is 2. The van der Waals surface area contributed by atoms with Crippen LogP contribution in [-0.2, 0) is 30.4 Å². The van der Waals surface area contributed by atoms with Gasteiger partial charge in [-0.2, -0.15) is 0 Å². The molecule has 5 unspecified atom stereocenters. The Bertz CT molecular complexity index is 890. The maximum absolute atomic E-state index is 12.9. The molecule has 4 amide bonds. The maximum Gasteiger partial charge on any atom is 0.326 e. The molecular weight excluding hydrogens is 450 g/mol. The van der Waals surface area contributed by atoms with Crippen LogP contribution in [0.4, 0.5) is 0 Å². The second kappa shape index (κ2) is 13.1. The molecule has 0 aliphatic carbocycles. The van der Waals surface area contributed by atoms with Crippen LogP contribution >= 0.6 is 0 Å². The molecule has 1 rings (SSSR count). The van der Waals surface area contributed by atoms with Gasteiger partial charge in [0.15, 0.2) is 0 Å². The molecule has 0 aliphatic heterocycles. The summed E-state index contributed by atoms with van der Waals surface area (Å²) in [4.78, 5) is 60.0. The van der Waals surface area contributed by atoms with Crippen molar-refractivity contribution in [3.63, 3.8) is 0 Å². The van der Waals surface area contributed by atoms with Crippen molar-refractivity contribution < 1.29 is 39.3 Å². The Labute approximate surface area is 195 Å². The Hall–Kier alpha value is -3.71. The lowest BCUT2D eigenvalue weighted by Gasteiger charge is -2.24. The molecule has 1 aromatic rings. The van der Waals surface area contributed by atoms with E-state index in [0.717, 1.165) is 0 Å². The number of aliphatic hydroxyl groups excluding tert-OH is 1. The van der Waals surface area contributed by atoms with Crippen molar-refractivity contribution >= 4 is 29.6 Å². The largest absolute Gasteiger partial charge is 0.508 e. The fourth-order valence-corrected chi connectivity index (χ4v) is 2.78. The number of phenols is 1.